The second kappa shape index (κ2) is 4.85. The van der Waals surface area contributed by atoms with E-state index < -0.39 is 0 Å². The molecule has 1 N–H and O–H groups in total. The third kappa shape index (κ3) is 1.92. The molecule has 0 atom stereocenters. The summed E-state index contributed by atoms with van der Waals surface area (Å²) in [6, 6.07) is 8.07. The molecule has 98 valence electrons. The van der Waals surface area contributed by atoms with E-state index in [1.165, 1.54) is 0 Å². The van der Waals surface area contributed by atoms with E-state index in [9.17, 15) is 0 Å². The van der Waals surface area contributed by atoms with Gasteiger partial charge in [0.25, 0.3) is 0 Å². The highest BCUT2D eigenvalue weighted by Gasteiger charge is 2.15. The summed E-state index contributed by atoms with van der Waals surface area (Å²) in [4.78, 5) is 9.04. The first-order chi connectivity index (χ1) is 9.35. The quantitative estimate of drug-likeness (QED) is 0.775. The van der Waals surface area contributed by atoms with Gasteiger partial charge in [0.05, 0.1) is 17.6 Å². The molecule has 0 spiro atoms. The molecule has 3 aromatic rings. The van der Waals surface area contributed by atoms with Crippen LogP contribution in [0.25, 0.3) is 22.7 Å². The summed E-state index contributed by atoms with van der Waals surface area (Å²) in [6.45, 7) is 3.55. The van der Waals surface area contributed by atoms with Gasteiger partial charge in [0.2, 0.25) is 0 Å². The van der Waals surface area contributed by atoms with E-state index in [4.69, 9.17) is 5.11 Å². The van der Waals surface area contributed by atoms with Crippen molar-refractivity contribution in [3.8, 4) is 11.6 Å². The largest absolute Gasteiger partial charge is 0.395 e. The molecule has 0 unspecified atom stereocenters. The molecule has 2 aromatic heterocycles. The lowest BCUT2D eigenvalue weighted by atomic mass is 10.3. The van der Waals surface area contributed by atoms with Crippen molar-refractivity contribution >= 4 is 11.0 Å². The van der Waals surface area contributed by atoms with Gasteiger partial charge in [-0.25, -0.2) is 9.97 Å². The maximum Gasteiger partial charge on any atom is 0.177 e. The van der Waals surface area contributed by atoms with Crippen LogP contribution < -0.4 is 0 Å². The molecule has 0 saturated heterocycles. The minimum atomic E-state index is 0.0930. The van der Waals surface area contributed by atoms with Crippen molar-refractivity contribution in [3.05, 3.63) is 36.7 Å². The number of rotatable bonds is 4. The third-order valence-electron chi connectivity index (χ3n) is 3.23. The van der Waals surface area contributed by atoms with Crippen molar-refractivity contribution in [2.45, 2.75) is 20.0 Å². The Labute approximate surface area is 111 Å². The van der Waals surface area contributed by atoms with E-state index in [1.807, 2.05) is 29.0 Å². The van der Waals surface area contributed by atoms with Gasteiger partial charge in [-0.15, -0.1) is 0 Å². The fourth-order valence-corrected chi connectivity index (χ4v) is 2.37. The third-order valence-corrected chi connectivity index (χ3v) is 3.23. The van der Waals surface area contributed by atoms with E-state index >= 15 is 0 Å². The summed E-state index contributed by atoms with van der Waals surface area (Å²) in [7, 11) is 0. The number of aliphatic hydroxyl groups excluding tert-OH is 1. The number of fused-ring (bicyclic) bond motifs is 1. The van der Waals surface area contributed by atoms with E-state index in [1.54, 1.807) is 6.20 Å². The fraction of sp³-hybridized carbons (Fsp3) is 0.286. The molecule has 0 saturated carbocycles. The van der Waals surface area contributed by atoms with Crippen LogP contribution in [0.2, 0.25) is 0 Å². The fourth-order valence-electron chi connectivity index (χ4n) is 2.37. The summed E-state index contributed by atoms with van der Waals surface area (Å²) in [6.07, 6.45) is 3.61. The monoisotopic (exact) mass is 256 g/mol. The summed E-state index contributed by atoms with van der Waals surface area (Å²) in [5, 5.41) is 9.10. The number of hydrogen-bond acceptors (Lipinski definition) is 3. The highest BCUT2D eigenvalue weighted by molar-refractivity contribution is 5.79. The Bertz CT molecular complexity index is 698. The minimum Gasteiger partial charge on any atom is -0.395 e. The molecule has 2 heterocycles. The Balaban J connectivity index is 2.21. The molecule has 0 radical (unpaired) electrons. The molecule has 0 aliphatic heterocycles. The van der Waals surface area contributed by atoms with Crippen molar-refractivity contribution < 1.29 is 5.11 Å². The first kappa shape index (κ1) is 11.9. The van der Waals surface area contributed by atoms with Gasteiger partial charge in [0.15, 0.2) is 11.6 Å². The van der Waals surface area contributed by atoms with Crippen LogP contribution in [0.3, 0.4) is 0 Å². The molecule has 0 aliphatic carbocycles. The molecule has 0 fully saturated rings. The van der Waals surface area contributed by atoms with Crippen LogP contribution in [0.1, 0.15) is 6.92 Å². The average molecular weight is 256 g/mol. The second-order valence-electron chi connectivity index (χ2n) is 4.34. The van der Waals surface area contributed by atoms with Crippen LogP contribution in [0, 0.1) is 0 Å². The van der Waals surface area contributed by atoms with E-state index in [-0.39, 0.29) is 6.61 Å². The summed E-state index contributed by atoms with van der Waals surface area (Å²) in [5.41, 5.74) is 2.08. The minimum absolute atomic E-state index is 0.0930. The number of imidazole rings is 2. The van der Waals surface area contributed by atoms with Gasteiger partial charge in [0, 0.05) is 25.5 Å². The van der Waals surface area contributed by atoms with Crippen molar-refractivity contribution in [2.75, 3.05) is 6.61 Å². The zero-order valence-corrected chi connectivity index (χ0v) is 10.8. The van der Waals surface area contributed by atoms with Crippen molar-refractivity contribution in [1.82, 2.24) is 19.1 Å². The second-order valence-corrected chi connectivity index (χ2v) is 4.34. The van der Waals surface area contributed by atoms with Gasteiger partial charge >= 0.3 is 0 Å². The maximum absolute atomic E-state index is 9.10. The molecule has 0 aliphatic rings. The lowest BCUT2D eigenvalue weighted by Gasteiger charge is -2.08. The molecule has 0 amide bonds. The van der Waals surface area contributed by atoms with Gasteiger partial charge in [-0.2, -0.15) is 0 Å². The Hall–Kier alpha value is -2.14. The number of benzene rings is 1. The smallest absolute Gasteiger partial charge is 0.177 e. The molecule has 1 aromatic carbocycles. The molecule has 5 nitrogen and oxygen atoms in total. The predicted octanol–water partition coefficient (Wildman–Crippen LogP) is 1.91. The Kier molecular flexibility index (Phi) is 3.05. The van der Waals surface area contributed by atoms with Gasteiger partial charge in [-0.1, -0.05) is 12.1 Å². The number of para-hydroxylation sites is 2. The number of aromatic nitrogens is 4. The highest BCUT2D eigenvalue weighted by Crippen LogP contribution is 2.23. The topological polar surface area (TPSA) is 55.9 Å². The van der Waals surface area contributed by atoms with Gasteiger partial charge in [-0.3, -0.25) is 0 Å². The van der Waals surface area contributed by atoms with Crippen LogP contribution >= 0.6 is 0 Å². The van der Waals surface area contributed by atoms with Crippen molar-refractivity contribution in [1.29, 1.82) is 0 Å². The van der Waals surface area contributed by atoms with Gasteiger partial charge in [0.1, 0.15) is 0 Å². The summed E-state index contributed by atoms with van der Waals surface area (Å²) < 4.78 is 4.07. The molecular weight excluding hydrogens is 240 g/mol. The van der Waals surface area contributed by atoms with Crippen LogP contribution in [-0.2, 0) is 13.1 Å². The Morgan fingerprint density at radius 1 is 1.21 bits per heavy atom. The van der Waals surface area contributed by atoms with Crippen LogP contribution in [0.4, 0.5) is 0 Å². The first-order valence-electron chi connectivity index (χ1n) is 6.42. The molecule has 19 heavy (non-hydrogen) atoms. The van der Waals surface area contributed by atoms with Crippen molar-refractivity contribution in [3.63, 3.8) is 0 Å². The van der Waals surface area contributed by atoms with E-state index in [0.717, 1.165) is 29.2 Å². The number of hydrogen-bond donors (Lipinski definition) is 1. The lowest BCUT2D eigenvalue weighted by molar-refractivity contribution is 0.276. The molecule has 5 heteroatoms. The predicted molar refractivity (Wildman–Crippen MR) is 73.7 cm³/mol. The summed E-state index contributed by atoms with van der Waals surface area (Å²) in [5.74, 6) is 1.65. The van der Waals surface area contributed by atoms with Gasteiger partial charge in [-0.05, 0) is 19.1 Å². The summed E-state index contributed by atoms with van der Waals surface area (Å²) >= 11 is 0. The highest BCUT2D eigenvalue weighted by atomic mass is 16.3. The average Bonchev–Trinajstić information content (AvgIpc) is 3.02. The molecular formula is C14H16N4O. The van der Waals surface area contributed by atoms with Crippen LogP contribution in [0.15, 0.2) is 36.7 Å². The van der Waals surface area contributed by atoms with E-state index in [2.05, 4.69) is 27.5 Å². The number of aliphatic hydroxyl groups is 1. The molecule has 3 rings (SSSR count). The lowest BCUT2D eigenvalue weighted by Crippen LogP contribution is -2.07. The first-order valence-corrected chi connectivity index (χ1v) is 6.42. The van der Waals surface area contributed by atoms with E-state index in [0.29, 0.717) is 6.54 Å². The zero-order valence-electron chi connectivity index (χ0n) is 10.8. The molecule has 0 bridgehead atoms. The Morgan fingerprint density at radius 2 is 2.05 bits per heavy atom. The maximum atomic E-state index is 9.10. The Morgan fingerprint density at radius 3 is 2.84 bits per heavy atom. The van der Waals surface area contributed by atoms with Gasteiger partial charge < -0.3 is 14.2 Å². The number of nitrogens with zero attached hydrogens (tertiary/aromatic N) is 4. The van der Waals surface area contributed by atoms with Crippen LogP contribution in [-0.4, -0.2) is 30.8 Å². The zero-order chi connectivity index (χ0) is 13.2. The van der Waals surface area contributed by atoms with Crippen LogP contribution in [0.5, 0.6) is 0 Å². The van der Waals surface area contributed by atoms with Crippen molar-refractivity contribution in [2.24, 2.45) is 0 Å². The normalized spacial score (nSPS) is 11.3. The SMILES string of the molecule is CCn1c(-c2nccn2CCO)nc2ccccc21. The standard InChI is InChI=1S/C14H16N4O/c1-2-18-12-6-4-3-5-11(12)16-14(18)13-15-7-8-17(13)9-10-19/h3-8,19H,2,9-10H2,1H3. The number of aryl methyl sites for hydroxylation is 1.